The number of hydrogen-bond donors (Lipinski definition) is 0. The molecule has 0 amide bonds. The second-order valence-corrected chi connectivity index (χ2v) is 8.99. The Morgan fingerprint density at radius 1 is 0.467 bits per heavy atom. The van der Waals surface area contributed by atoms with Crippen molar-refractivity contribution in [3.05, 3.63) is 132 Å². The minimum absolute atomic E-state index is 0. The Labute approximate surface area is 184 Å². The fourth-order valence-corrected chi connectivity index (χ4v) is 5.10. The second kappa shape index (κ2) is 11.0. The molecule has 0 heterocycles. The maximum absolute atomic E-state index is 2.36. The van der Waals surface area contributed by atoms with Crippen molar-refractivity contribution in [2.75, 3.05) is 0 Å². The molecule has 2 atom stereocenters. The van der Waals surface area contributed by atoms with E-state index in [4.69, 9.17) is 0 Å². The lowest BCUT2D eigenvalue weighted by Crippen LogP contribution is -2.01. The molecule has 150 valence electrons. The summed E-state index contributed by atoms with van der Waals surface area (Å²) < 4.78 is 0. The Bertz CT molecular complexity index is 905. The summed E-state index contributed by atoms with van der Waals surface area (Å²) in [4.78, 5) is 0. The third-order valence-corrected chi connectivity index (χ3v) is 6.83. The summed E-state index contributed by atoms with van der Waals surface area (Å²) in [6, 6.07) is 42.9. The van der Waals surface area contributed by atoms with Crippen molar-refractivity contribution in [3.63, 3.8) is 0 Å². The lowest BCUT2D eigenvalue weighted by Gasteiger charge is -2.00. The van der Waals surface area contributed by atoms with Gasteiger partial charge in [-0.15, -0.1) is 0 Å². The summed E-state index contributed by atoms with van der Waals surface area (Å²) in [6.45, 7) is 2.36. The van der Waals surface area contributed by atoms with Gasteiger partial charge in [0, 0.05) is 0 Å². The van der Waals surface area contributed by atoms with Crippen LogP contribution in [0, 0.1) is 5.92 Å². The van der Waals surface area contributed by atoms with Gasteiger partial charge in [0.15, 0.2) is 0 Å². The van der Waals surface area contributed by atoms with Gasteiger partial charge in [0.1, 0.15) is 0 Å². The van der Waals surface area contributed by atoms with Gasteiger partial charge in [-0.3, -0.25) is 0 Å². The Kier molecular flexibility index (Phi) is 8.06. The highest BCUT2D eigenvalue weighted by Crippen LogP contribution is 2.59. The molecule has 0 N–H and O–H groups in total. The maximum Gasteiger partial charge on any atom is 0.0814 e. The largest absolute Gasteiger partial charge is 0.0814 e. The third kappa shape index (κ3) is 5.71. The molecule has 5 rings (SSSR count). The zero-order valence-corrected chi connectivity index (χ0v) is 17.8. The average molecular weight is 408 g/mol. The summed E-state index contributed by atoms with van der Waals surface area (Å²) in [5, 5.41) is 2.79. The first kappa shape index (κ1) is 22.1. The van der Waals surface area contributed by atoms with E-state index < -0.39 is 0 Å². The topological polar surface area (TPSA) is 0 Å². The van der Waals surface area contributed by atoms with E-state index in [1.54, 1.807) is 0 Å². The highest BCUT2D eigenvalue weighted by atomic mass is 31.1. The predicted molar refractivity (Wildman–Crippen MR) is 138 cm³/mol. The molecule has 2 heteroatoms. The fourth-order valence-electron chi connectivity index (χ4n) is 4.04. The molecule has 0 aromatic heterocycles. The van der Waals surface area contributed by atoms with E-state index in [2.05, 4.69) is 128 Å². The van der Waals surface area contributed by atoms with E-state index in [0.29, 0.717) is 0 Å². The summed E-state index contributed by atoms with van der Waals surface area (Å²) in [5.41, 5.74) is 2.98. The second-order valence-electron chi connectivity index (χ2n) is 7.59. The first-order chi connectivity index (χ1) is 14.3. The Morgan fingerprint density at radius 2 is 0.767 bits per heavy atom. The summed E-state index contributed by atoms with van der Waals surface area (Å²) in [7, 11) is 0.777. The van der Waals surface area contributed by atoms with Crippen LogP contribution in [-0.2, 0) is 0 Å². The van der Waals surface area contributed by atoms with Crippen molar-refractivity contribution in [1.82, 2.24) is 0 Å². The molecule has 1 fully saturated rings. The van der Waals surface area contributed by atoms with Gasteiger partial charge in [0.05, 0.1) is 8.41 Å². The van der Waals surface area contributed by atoms with Gasteiger partial charge >= 0.3 is 0 Å². The van der Waals surface area contributed by atoms with E-state index in [1.807, 2.05) is 0 Å². The van der Waals surface area contributed by atoms with Crippen molar-refractivity contribution in [2.45, 2.75) is 18.8 Å². The molecule has 30 heavy (non-hydrogen) atoms. The normalized spacial score (nSPS) is 19.0. The van der Waals surface area contributed by atoms with Crippen molar-refractivity contribution < 1.29 is 0 Å². The molecular weight excluding hydrogens is 378 g/mol. The van der Waals surface area contributed by atoms with Crippen molar-refractivity contribution in [3.8, 4) is 0 Å². The van der Waals surface area contributed by atoms with Gasteiger partial charge in [-0.1, -0.05) is 137 Å². The SMILES string of the molecule is B.CC1C(c2ccccc2)C1c1ccccc1.c1ccc(Pc2ccccc2)cc1. The van der Waals surface area contributed by atoms with Crippen molar-refractivity contribution >= 4 is 27.6 Å². The van der Waals surface area contributed by atoms with Crippen LogP contribution >= 0.6 is 8.58 Å². The molecule has 2 unspecified atom stereocenters. The third-order valence-electron chi connectivity index (χ3n) is 5.58. The van der Waals surface area contributed by atoms with E-state index in [9.17, 15) is 0 Å². The van der Waals surface area contributed by atoms with Crippen LogP contribution < -0.4 is 10.6 Å². The van der Waals surface area contributed by atoms with Crippen LogP contribution in [0.15, 0.2) is 121 Å². The minimum Gasteiger partial charge on any atom is -0.0622 e. The molecule has 0 bridgehead atoms. The van der Waals surface area contributed by atoms with E-state index in [-0.39, 0.29) is 8.41 Å². The smallest absolute Gasteiger partial charge is 0.0622 e. The number of hydrogen-bond acceptors (Lipinski definition) is 0. The van der Waals surface area contributed by atoms with Crippen LogP contribution in [0.25, 0.3) is 0 Å². The zero-order chi connectivity index (χ0) is 19.9. The molecule has 0 saturated heterocycles. The van der Waals surface area contributed by atoms with Gasteiger partial charge in [-0.2, -0.15) is 0 Å². The predicted octanol–water partition coefficient (Wildman–Crippen LogP) is 5.34. The van der Waals surface area contributed by atoms with Gasteiger partial charge in [-0.25, -0.2) is 0 Å². The van der Waals surface area contributed by atoms with Crippen LogP contribution in [0.3, 0.4) is 0 Å². The quantitative estimate of drug-likeness (QED) is 0.316. The first-order valence-electron chi connectivity index (χ1n) is 10.3. The van der Waals surface area contributed by atoms with Crippen LogP contribution in [0.4, 0.5) is 0 Å². The van der Waals surface area contributed by atoms with E-state index in [0.717, 1.165) is 26.3 Å². The van der Waals surface area contributed by atoms with E-state index >= 15 is 0 Å². The van der Waals surface area contributed by atoms with Crippen LogP contribution in [0.1, 0.15) is 29.9 Å². The van der Waals surface area contributed by atoms with Crippen LogP contribution in [0.2, 0.25) is 0 Å². The number of rotatable bonds is 4. The minimum atomic E-state index is 0. The lowest BCUT2D eigenvalue weighted by molar-refractivity contribution is 0.896. The Morgan fingerprint density at radius 3 is 1.10 bits per heavy atom. The summed E-state index contributed by atoms with van der Waals surface area (Å²) >= 11 is 0. The highest BCUT2D eigenvalue weighted by molar-refractivity contribution is 7.55. The van der Waals surface area contributed by atoms with Gasteiger partial charge in [0.2, 0.25) is 0 Å². The molecular formula is C28H30BP. The highest BCUT2D eigenvalue weighted by Gasteiger charge is 2.47. The monoisotopic (exact) mass is 408 g/mol. The summed E-state index contributed by atoms with van der Waals surface area (Å²) in [5.74, 6) is 2.23. The Balaban J connectivity index is 0.000000169. The first-order valence-corrected chi connectivity index (χ1v) is 11.3. The lowest BCUT2D eigenvalue weighted by atomic mass is 10.0. The maximum atomic E-state index is 2.36. The van der Waals surface area contributed by atoms with Crippen LogP contribution in [0.5, 0.6) is 0 Å². The molecule has 4 aromatic rings. The standard InChI is InChI=1S/C16H16.C12H11P.BH3/c1-12-15(13-8-4-2-5-9-13)16(12)14-10-6-3-7-11-14;1-3-7-11(8-4-1)13-12-9-5-2-6-10-12;/h2-12,15-16H,1H3;1-10,13H;1H3. The average Bonchev–Trinajstić information content (AvgIpc) is 3.48. The Hall–Kier alpha value is -2.63. The fraction of sp³-hybridized carbons (Fsp3) is 0.143. The molecule has 0 nitrogen and oxygen atoms in total. The molecule has 1 saturated carbocycles. The molecule has 1 aliphatic carbocycles. The molecule has 1 aliphatic rings. The summed E-state index contributed by atoms with van der Waals surface area (Å²) in [6.07, 6.45) is 0. The van der Waals surface area contributed by atoms with Crippen molar-refractivity contribution in [2.24, 2.45) is 5.92 Å². The van der Waals surface area contributed by atoms with Crippen molar-refractivity contribution in [1.29, 1.82) is 0 Å². The molecule has 0 radical (unpaired) electrons. The van der Waals surface area contributed by atoms with Gasteiger partial charge in [0.25, 0.3) is 0 Å². The molecule has 0 spiro atoms. The van der Waals surface area contributed by atoms with E-state index in [1.165, 1.54) is 21.7 Å². The zero-order valence-electron chi connectivity index (χ0n) is 16.8. The van der Waals surface area contributed by atoms with Gasteiger partial charge in [-0.05, 0) is 39.5 Å². The van der Waals surface area contributed by atoms with Gasteiger partial charge < -0.3 is 0 Å². The molecule has 4 aromatic carbocycles. The van der Waals surface area contributed by atoms with Crippen LogP contribution in [-0.4, -0.2) is 8.41 Å². The molecule has 0 aliphatic heterocycles. The number of benzene rings is 4.